The fourth-order valence-corrected chi connectivity index (χ4v) is 3.72. The molecule has 1 fully saturated rings. The smallest absolute Gasteiger partial charge is 0.357 e. The molecule has 7 nitrogen and oxygen atoms in total. The van der Waals surface area contributed by atoms with E-state index in [0.717, 1.165) is 11.3 Å². The van der Waals surface area contributed by atoms with Gasteiger partial charge in [-0.15, -0.1) is 0 Å². The number of nitrogens with one attached hydrogen (secondary N) is 2. The third-order valence-electron chi connectivity index (χ3n) is 4.28. The largest absolute Gasteiger partial charge is 0.511 e. The molecule has 1 aliphatic heterocycles. The van der Waals surface area contributed by atoms with Gasteiger partial charge < -0.3 is 10.6 Å². The Morgan fingerprint density at radius 3 is 2.59 bits per heavy atom. The van der Waals surface area contributed by atoms with Crippen molar-refractivity contribution in [2.75, 3.05) is 19.6 Å². The molecule has 0 amide bonds. The van der Waals surface area contributed by atoms with Crippen molar-refractivity contribution in [2.24, 2.45) is 4.99 Å². The van der Waals surface area contributed by atoms with Crippen LogP contribution in [-0.4, -0.2) is 54.9 Å². The number of hydrogen-bond donors (Lipinski definition) is 2. The molecule has 2 N–H and O–H groups in total. The van der Waals surface area contributed by atoms with E-state index in [-0.39, 0.29) is 32.0 Å². The Morgan fingerprint density at radius 2 is 2.04 bits per heavy atom. The summed E-state index contributed by atoms with van der Waals surface area (Å²) in [4.78, 5) is 8.74. The van der Waals surface area contributed by atoms with Crippen molar-refractivity contribution < 1.29 is 21.6 Å². The highest BCUT2D eigenvalue weighted by atomic mass is 32.2. The third kappa shape index (κ3) is 5.55. The van der Waals surface area contributed by atoms with Crippen molar-refractivity contribution in [1.82, 2.24) is 19.9 Å². The number of aryl methyl sites for hydroxylation is 1. The van der Waals surface area contributed by atoms with Crippen LogP contribution < -0.4 is 10.6 Å². The number of nitrogens with zero attached hydrogens (tertiary/aromatic N) is 3. The summed E-state index contributed by atoms with van der Waals surface area (Å²) in [6, 6.07) is 3.62. The predicted octanol–water partition coefficient (Wildman–Crippen LogP) is 1.76. The van der Waals surface area contributed by atoms with E-state index in [1.807, 2.05) is 26.0 Å². The van der Waals surface area contributed by atoms with Gasteiger partial charge in [-0.1, -0.05) is 6.07 Å². The van der Waals surface area contributed by atoms with Gasteiger partial charge in [0.1, 0.15) is 0 Å². The van der Waals surface area contributed by atoms with Gasteiger partial charge in [-0.3, -0.25) is 4.98 Å². The zero-order chi connectivity index (χ0) is 20.1. The third-order valence-corrected chi connectivity index (χ3v) is 5.91. The molecule has 0 bridgehead atoms. The highest BCUT2D eigenvalue weighted by Crippen LogP contribution is 2.28. The zero-order valence-corrected chi connectivity index (χ0v) is 16.1. The number of sulfonamides is 1. The minimum Gasteiger partial charge on any atom is -0.357 e. The van der Waals surface area contributed by atoms with Crippen molar-refractivity contribution in [2.45, 2.75) is 44.8 Å². The summed E-state index contributed by atoms with van der Waals surface area (Å²) in [5.41, 5.74) is -3.41. The first-order chi connectivity index (χ1) is 12.6. The van der Waals surface area contributed by atoms with Crippen LogP contribution in [0.25, 0.3) is 0 Å². The van der Waals surface area contributed by atoms with Crippen LogP contribution in [0.2, 0.25) is 0 Å². The second-order valence-electron chi connectivity index (χ2n) is 6.23. The highest BCUT2D eigenvalue weighted by Gasteiger charge is 2.50. The maximum atomic E-state index is 12.6. The van der Waals surface area contributed by atoms with Crippen molar-refractivity contribution >= 4 is 16.0 Å². The standard InChI is InChI=1S/C16H24F3N5O2S/c1-3-20-15(22-11-14-12(2)5-4-8-21-14)23-13-6-9-24(10-7-13)27(25,26)16(17,18)19/h4-5,8,13H,3,6-7,9-11H2,1-2H3,(H2,20,22,23). The Bertz CT molecular complexity index is 760. The first-order valence-corrected chi connectivity index (χ1v) is 10.1. The average molecular weight is 407 g/mol. The summed E-state index contributed by atoms with van der Waals surface area (Å²) in [6.45, 7) is 4.46. The Hall–Kier alpha value is -1.88. The molecule has 0 atom stereocenters. The molecule has 0 saturated carbocycles. The Balaban J connectivity index is 1.96. The van der Waals surface area contributed by atoms with Gasteiger partial charge in [0, 0.05) is 31.9 Å². The molecule has 0 aliphatic carbocycles. The van der Waals surface area contributed by atoms with Crippen LogP contribution in [0, 0.1) is 6.92 Å². The van der Waals surface area contributed by atoms with E-state index >= 15 is 0 Å². The van der Waals surface area contributed by atoms with Crippen LogP contribution in [0.4, 0.5) is 13.2 Å². The normalized spacial score (nSPS) is 17.7. The number of aromatic nitrogens is 1. The lowest BCUT2D eigenvalue weighted by molar-refractivity contribution is -0.0494. The van der Waals surface area contributed by atoms with Crippen molar-refractivity contribution in [3.63, 3.8) is 0 Å². The molecule has 1 aromatic heterocycles. The van der Waals surface area contributed by atoms with Gasteiger partial charge in [0.05, 0.1) is 12.2 Å². The molecule has 1 aromatic rings. The number of hydrogen-bond acceptors (Lipinski definition) is 4. The highest BCUT2D eigenvalue weighted by molar-refractivity contribution is 7.90. The summed E-state index contributed by atoms with van der Waals surface area (Å²) < 4.78 is 61.3. The lowest BCUT2D eigenvalue weighted by Crippen LogP contribution is -2.51. The molecular weight excluding hydrogens is 383 g/mol. The Kier molecular flexibility index (Phi) is 7.04. The molecule has 0 radical (unpaired) electrons. The summed E-state index contributed by atoms with van der Waals surface area (Å²) in [5.74, 6) is 0.527. The van der Waals surface area contributed by atoms with Gasteiger partial charge in [-0.25, -0.2) is 13.4 Å². The van der Waals surface area contributed by atoms with Gasteiger partial charge in [0.15, 0.2) is 5.96 Å². The van der Waals surface area contributed by atoms with E-state index in [1.54, 1.807) is 6.20 Å². The molecule has 2 heterocycles. The second kappa shape index (κ2) is 8.87. The lowest BCUT2D eigenvalue weighted by atomic mass is 10.1. The number of guanidine groups is 1. The summed E-state index contributed by atoms with van der Waals surface area (Å²) in [5, 5.41) is 6.25. The molecule has 0 unspecified atom stereocenters. The Labute approximate surface area is 157 Å². The van der Waals surface area contributed by atoms with Gasteiger partial charge in [0.25, 0.3) is 0 Å². The first-order valence-electron chi connectivity index (χ1n) is 8.67. The number of alkyl halides is 3. The molecule has 1 aliphatic rings. The summed E-state index contributed by atoms with van der Waals surface area (Å²) in [7, 11) is -5.26. The van der Waals surface area contributed by atoms with E-state index < -0.39 is 15.5 Å². The molecule has 11 heteroatoms. The second-order valence-corrected chi connectivity index (χ2v) is 8.16. The number of pyridine rings is 1. The monoisotopic (exact) mass is 407 g/mol. The minimum absolute atomic E-state index is 0.160. The van der Waals surface area contributed by atoms with Crippen LogP contribution in [0.1, 0.15) is 31.0 Å². The van der Waals surface area contributed by atoms with Crippen molar-refractivity contribution in [3.8, 4) is 0 Å². The molecule has 1 saturated heterocycles. The number of rotatable bonds is 5. The molecule has 152 valence electrons. The summed E-state index contributed by atoms with van der Waals surface area (Å²) >= 11 is 0. The minimum atomic E-state index is -5.26. The molecule has 0 spiro atoms. The quantitative estimate of drug-likeness (QED) is 0.574. The van der Waals surface area contributed by atoms with Crippen molar-refractivity contribution in [1.29, 1.82) is 0 Å². The number of halogens is 3. The Morgan fingerprint density at radius 1 is 1.37 bits per heavy atom. The predicted molar refractivity (Wildman–Crippen MR) is 96.5 cm³/mol. The average Bonchev–Trinajstić information content (AvgIpc) is 2.60. The first kappa shape index (κ1) is 21.4. The van der Waals surface area contributed by atoms with Crippen LogP contribution in [0.15, 0.2) is 23.3 Å². The van der Waals surface area contributed by atoms with Crippen LogP contribution in [-0.2, 0) is 16.6 Å². The molecule has 27 heavy (non-hydrogen) atoms. The molecular formula is C16H24F3N5O2S. The fourth-order valence-electron chi connectivity index (χ4n) is 2.74. The van der Waals surface area contributed by atoms with E-state index in [1.165, 1.54) is 0 Å². The van der Waals surface area contributed by atoms with Gasteiger partial charge in [-0.2, -0.15) is 17.5 Å². The van der Waals surface area contributed by atoms with Gasteiger partial charge >= 0.3 is 15.5 Å². The number of piperidine rings is 1. The molecule has 2 rings (SSSR count). The fraction of sp³-hybridized carbons (Fsp3) is 0.625. The van der Waals surface area contributed by atoms with Gasteiger partial charge in [0.2, 0.25) is 0 Å². The maximum Gasteiger partial charge on any atom is 0.511 e. The van der Waals surface area contributed by atoms with Gasteiger partial charge in [-0.05, 0) is 38.3 Å². The number of aliphatic imine (C=N–C) groups is 1. The van der Waals surface area contributed by atoms with E-state index in [2.05, 4.69) is 20.6 Å². The van der Waals surface area contributed by atoms with E-state index in [0.29, 0.717) is 23.4 Å². The SMILES string of the molecule is CCNC(=NCc1ncccc1C)NC1CCN(S(=O)(=O)C(F)(F)F)CC1. The zero-order valence-electron chi connectivity index (χ0n) is 15.3. The lowest BCUT2D eigenvalue weighted by Gasteiger charge is -2.32. The van der Waals surface area contributed by atoms with E-state index in [4.69, 9.17) is 0 Å². The van der Waals surface area contributed by atoms with Crippen LogP contribution in [0.3, 0.4) is 0 Å². The van der Waals surface area contributed by atoms with Crippen LogP contribution >= 0.6 is 0 Å². The maximum absolute atomic E-state index is 12.6. The van der Waals surface area contributed by atoms with Crippen molar-refractivity contribution in [3.05, 3.63) is 29.6 Å². The van der Waals surface area contributed by atoms with E-state index in [9.17, 15) is 21.6 Å². The van der Waals surface area contributed by atoms with Crippen LogP contribution in [0.5, 0.6) is 0 Å². The topological polar surface area (TPSA) is 86.7 Å². The summed E-state index contributed by atoms with van der Waals surface area (Å²) in [6.07, 6.45) is 2.22. The molecule has 0 aromatic carbocycles.